The van der Waals surface area contributed by atoms with Gasteiger partial charge in [0.2, 0.25) is 0 Å². The summed E-state index contributed by atoms with van der Waals surface area (Å²) in [7, 11) is 0. The molecule has 8 heteroatoms. The van der Waals surface area contributed by atoms with E-state index in [4.69, 9.17) is 9.47 Å². The third-order valence-electron chi connectivity index (χ3n) is 5.54. The number of fused-ring (bicyclic) bond motifs is 1. The lowest BCUT2D eigenvalue weighted by Gasteiger charge is -2.21. The van der Waals surface area contributed by atoms with Gasteiger partial charge < -0.3 is 19.8 Å². The lowest BCUT2D eigenvalue weighted by atomic mass is 10.0. The van der Waals surface area contributed by atoms with Crippen LogP contribution in [-0.2, 0) is 22.1 Å². The van der Waals surface area contributed by atoms with E-state index in [1.54, 1.807) is 19.2 Å². The zero-order valence-electron chi connectivity index (χ0n) is 17.0. The lowest BCUT2D eigenvalue weighted by molar-refractivity contribution is -0.137. The van der Waals surface area contributed by atoms with Gasteiger partial charge in [-0.1, -0.05) is 12.1 Å². The molecule has 1 unspecified atom stereocenters. The van der Waals surface area contributed by atoms with Gasteiger partial charge in [-0.25, -0.2) is 0 Å². The maximum atomic E-state index is 12.7. The highest BCUT2D eigenvalue weighted by Gasteiger charge is 2.38. The smallest absolute Gasteiger partial charge is 0.416 e. The van der Waals surface area contributed by atoms with Gasteiger partial charge in [0, 0.05) is 30.1 Å². The fraction of sp³-hybridized carbons (Fsp3) is 0.348. The van der Waals surface area contributed by atoms with Crippen LogP contribution in [-0.4, -0.2) is 29.7 Å². The van der Waals surface area contributed by atoms with Crippen LogP contribution in [0, 0.1) is 0 Å². The molecule has 2 aromatic carbocycles. The van der Waals surface area contributed by atoms with Crippen LogP contribution < -0.4 is 10.1 Å². The monoisotopic (exact) mass is 432 g/mol. The lowest BCUT2D eigenvalue weighted by Crippen LogP contribution is -2.39. The number of carbonyl (C=O) groups is 1. The van der Waals surface area contributed by atoms with E-state index in [-0.39, 0.29) is 5.91 Å². The third-order valence-corrected chi connectivity index (χ3v) is 5.54. The Labute approximate surface area is 177 Å². The number of hydrogen-bond acceptors (Lipinski definition) is 3. The molecule has 31 heavy (non-hydrogen) atoms. The van der Waals surface area contributed by atoms with Gasteiger partial charge in [0.25, 0.3) is 5.91 Å². The fourth-order valence-corrected chi connectivity index (χ4v) is 3.65. The summed E-state index contributed by atoms with van der Waals surface area (Å²) in [5, 5.41) is 3.74. The predicted octanol–water partition coefficient (Wildman–Crippen LogP) is 5.32. The van der Waals surface area contributed by atoms with Crippen LogP contribution in [0.1, 0.15) is 30.9 Å². The van der Waals surface area contributed by atoms with Crippen LogP contribution in [0.5, 0.6) is 5.75 Å². The van der Waals surface area contributed by atoms with Crippen molar-refractivity contribution >= 4 is 22.5 Å². The highest BCUT2D eigenvalue weighted by Crippen LogP contribution is 2.31. The molecule has 3 aromatic rings. The van der Waals surface area contributed by atoms with E-state index in [2.05, 4.69) is 10.3 Å². The number of H-pyrrole nitrogens is 1. The molecule has 0 bridgehead atoms. The van der Waals surface area contributed by atoms with Crippen molar-refractivity contribution in [1.82, 2.24) is 4.98 Å². The Hall–Kier alpha value is -3.00. The molecule has 0 radical (unpaired) electrons. The molecule has 1 aliphatic heterocycles. The van der Waals surface area contributed by atoms with Gasteiger partial charge in [-0.05, 0) is 55.7 Å². The Morgan fingerprint density at radius 1 is 1.23 bits per heavy atom. The van der Waals surface area contributed by atoms with Crippen molar-refractivity contribution in [2.75, 3.05) is 18.5 Å². The Balaban J connectivity index is 1.40. The van der Waals surface area contributed by atoms with Gasteiger partial charge in [0.15, 0.2) is 0 Å². The minimum atomic E-state index is -4.34. The molecular formula is C23H23F3N2O3. The molecule has 1 atom stereocenters. The zero-order valence-corrected chi connectivity index (χ0v) is 17.0. The van der Waals surface area contributed by atoms with E-state index in [1.807, 2.05) is 12.1 Å². The molecule has 0 spiro atoms. The first-order valence-corrected chi connectivity index (χ1v) is 10.1. The summed E-state index contributed by atoms with van der Waals surface area (Å²) in [5.41, 5.74) is 0.766. The molecule has 1 saturated heterocycles. The molecule has 1 aromatic heterocycles. The van der Waals surface area contributed by atoms with Crippen LogP contribution in [0.3, 0.4) is 0 Å². The number of aromatic nitrogens is 1. The van der Waals surface area contributed by atoms with E-state index in [0.29, 0.717) is 37.5 Å². The van der Waals surface area contributed by atoms with Crippen LogP contribution in [0.25, 0.3) is 10.9 Å². The maximum Gasteiger partial charge on any atom is 0.416 e. The van der Waals surface area contributed by atoms with Crippen molar-refractivity contribution in [2.45, 2.75) is 38.0 Å². The molecule has 2 N–H and O–H groups in total. The third kappa shape index (κ3) is 4.69. The Kier molecular flexibility index (Phi) is 5.66. The first kappa shape index (κ1) is 21.2. The normalized spacial score (nSPS) is 19.0. The average molecular weight is 432 g/mol. The predicted molar refractivity (Wildman–Crippen MR) is 111 cm³/mol. The summed E-state index contributed by atoms with van der Waals surface area (Å²) in [6.45, 7) is 2.68. The number of carbonyl (C=O) groups excluding carboxylic acids is 1. The summed E-state index contributed by atoms with van der Waals surface area (Å²) in [6, 6.07) is 10.5. The van der Waals surface area contributed by atoms with Gasteiger partial charge in [0.1, 0.15) is 11.4 Å². The quantitative estimate of drug-likeness (QED) is 0.555. The van der Waals surface area contributed by atoms with Crippen molar-refractivity contribution in [3.63, 3.8) is 0 Å². The first-order chi connectivity index (χ1) is 14.7. The Morgan fingerprint density at radius 3 is 2.68 bits per heavy atom. The first-order valence-electron chi connectivity index (χ1n) is 10.1. The minimum absolute atomic E-state index is 0.181. The molecule has 1 amide bonds. The van der Waals surface area contributed by atoms with Crippen LogP contribution >= 0.6 is 0 Å². The fourth-order valence-electron chi connectivity index (χ4n) is 3.65. The second-order valence-electron chi connectivity index (χ2n) is 7.84. The van der Waals surface area contributed by atoms with Gasteiger partial charge in [-0.3, -0.25) is 4.79 Å². The highest BCUT2D eigenvalue weighted by atomic mass is 19.4. The molecule has 1 aliphatic rings. The molecule has 5 nitrogen and oxygen atoms in total. The topological polar surface area (TPSA) is 63.4 Å². The molecule has 0 saturated carbocycles. The van der Waals surface area contributed by atoms with Crippen LogP contribution in [0.15, 0.2) is 48.7 Å². The van der Waals surface area contributed by atoms with Crippen molar-refractivity contribution in [3.05, 3.63) is 59.8 Å². The number of anilines is 1. The van der Waals surface area contributed by atoms with Crippen molar-refractivity contribution in [3.8, 4) is 5.75 Å². The second-order valence-corrected chi connectivity index (χ2v) is 7.84. The Bertz CT molecular complexity index is 1070. The summed E-state index contributed by atoms with van der Waals surface area (Å²) >= 11 is 0. The number of amides is 1. The van der Waals surface area contributed by atoms with E-state index < -0.39 is 17.3 Å². The zero-order chi connectivity index (χ0) is 22.1. The number of halogens is 3. The maximum absolute atomic E-state index is 12.7. The standard InChI is InChI=1S/C23H23F3N2O3/c1-22(10-2-11-31-22)21(29)28-20-14-27-19-8-7-17(13-18(19)20)30-12-9-15-3-5-16(6-4-15)23(24,25)26/h3-8,13-14,27H,2,9-12H2,1H3,(H,28,29). The number of ether oxygens (including phenoxy) is 2. The number of alkyl halides is 3. The summed E-state index contributed by atoms with van der Waals surface area (Å²) < 4.78 is 49.4. The van der Waals surface area contributed by atoms with Gasteiger partial charge in [-0.15, -0.1) is 0 Å². The van der Waals surface area contributed by atoms with Gasteiger partial charge >= 0.3 is 6.18 Å². The van der Waals surface area contributed by atoms with E-state index >= 15 is 0 Å². The van der Waals surface area contributed by atoms with E-state index in [0.717, 1.165) is 35.0 Å². The number of nitrogens with one attached hydrogen (secondary N) is 2. The average Bonchev–Trinajstić information content (AvgIpc) is 3.35. The largest absolute Gasteiger partial charge is 0.493 e. The Morgan fingerprint density at radius 2 is 2.00 bits per heavy atom. The number of rotatable bonds is 6. The van der Waals surface area contributed by atoms with Crippen LogP contribution in [0.4, 0.5) is 18.9 Å². The second kappa shape index (κ2) is 8.26. The van der Waals surface area contributed by atoms with Gasteiger partial charge in [-0.2, -0.15) is 13.2 Å². The van der Waals surface area contributed by atoms with Crippen molar-refractivity contribution in [1.29, 1.82) is 0 Å². The van der Waals surface area contributed by atoms with E-state index in [1.165, 1.54) is 12.1 Å². The number of hydrogen-bond donors (Lipinski definition) is 2. The van der Waals surface area contributed by atoms with Gasteiger partial charge in [0.05, 0.1) is 17.9 Å². The summed E-state index contributed by atoms with van der Waals surface area (Å²) in [4.78, 5) is 15.7. The summed E-state index contributed by atoms with van der Waals surface area (Å²) in [5.74, 6) is 0.428. The molecule has 4 rings (SSSR count). The number of benzene rings is 2. The molecular weight excluding hydrogens is 409 g/mol. The van der Waals surface area contributed by atoms with E-state index in [9.17, 15) is 18.0 Å². The minimum Gasteiger partial charge on any atom is -0.493 e. The molecule has 164 valence electrons. The highest BCUT2D eigenvalue weighted by molar-refractivity contribution is 6.04. The molecule has 2 heterocycles. The SMILES string of the molecule is CC1(C(=O)Nc2c[nH]c3ccc(OCCc4ccc(C(F)(F)F)cc4)cc23)CCCO1. The van der Waals surface area contributed by atoms with Crippen molar-refractivity contribution < 1.29 is 27.4 Å². The molecule has 0 aliphatic carbocycles. The van der Waals surface area contributed by atoms with Crippen molar-refractivity contribution in [2.24, 2.45) is 0 Å². The molecule has 1 fully saturated rings. The number of aromatic amines is 1. The summed E-state index contributed by atoms with van der Waals surface area (Å²) in [6.07, 6.45) is -0.598. The van der Waals surface area contributed by atoms with Crippen LogP contribution in [0.2, 0.25) is 0 Å².